The largest absolute Gasteiger partial charge is 0.479 e. The number of Topliss-reactive ketones (excluding diaryl/α,β-unsaturated/α-hetero) is 1. The zero-order valence-electron chi connectivity index (χ0n) is 17.8. The lowest BCUT2D eigenvalue weighted by Crippen LogP contribution is -2.24. The molecule has 3 N–H and O–H groups in total. The number of nitrogens with zero attached hydrogens (tertiary/aromatic N) is 2. The molecule has 0 radical (unpaired) electrons. The molecule has 0 saturated carbocycles. The van der Waals surface area contributed by atoms with Crippen LogP contribution in [0.3, 0.4) is 0 Å². The summed E-state index contributed by atoms with van der Waals surface area (Å²) in [5.74, 6) is -2.66. The SMILES string of the molecule is CCCc1c(C(=O)C(N)=O)c2c(OCC(=O)O)nc(C)cn2c1CCC1C=CC=CC1. The number of aliphatic carboxylic acids is 1. The van der Waals surface area contributed by atoms with Gasteiger partial charge in [0.25, 0.3) is 11.7 Å². The van der Waals surface area contributed by atoms with Gasteiger partial charge in [-0.05, 0) is 44.1 Å². The van der Waals surface area contributed by atoms with Gasteiger partial charge in [-0.1, -0.05) is 37.6 Å². The lowest BCUT2D eigenvalue weighted by molar-refractivity contribution is -0.139. The second-order valence-corrected chi connectivity index (χ2v) is 7.68. The molecule has 0 spiro atoms. The van der Waals surface area contributed by atoms with Crippen LogP contribution in [-0.2, 0) is 22.4 Å². The Hall–Kier alpha value is -3.42. The molecule has 0 aromatic carbocycles. The molecule has 2 aromatic rings. The summed E-state index contributed by atoms with van der Waals surface area (Å²) in [6.45, 7) is 3.14. The smallest absolute Gasteiger partial charge is 0.341 e. The van der Waals surface area contributed by atoms with Gasteiger partial charge in [0.2, 0.25) is 5.88 Å². The summed E-state index contributed by atoms with van der Waals surface area (Å²) in [4.78, 5) is 40.1. The van der Waals surface area contributed by atoms with E-state index in [1.54, 1.807) is 13.1 Å². The van der Waals surface area contributed by atoms with Gasteiger partial charge in [0.1, 0.15) is 5.52 Å². The van der Waals surface area contributed by atoms with E-state index in [4.69, 9.17) is 15.6 Å². The summed E-state index contributed by atoms with van der Waals surface area (Å²) in [6, 6.07) is 0. The van der Waals surface area contributed by atoms with Crippen molar-refractivity contribution in [1.29, 1.82) is 0 Å². The highest BCUT2D eigenvalue weighted by Gasteiger charge is 2.29. The summed E-state index contributed by atoms with van der Waals surface area (Å²) < 4.78 is 7.24. The number of aromatic nitrogens is 2. The standard InChI is InChI=1S/C23H27N3O5/c1-3-7-16-17(11-10-15-8-5-4-6-9-15)26-12-14(2)25-23(31-13-18(27)28)20(26)19(16)21(29)22(24)30/h4-6,8,12,15H,3,7,9-11,13H2,1-2H3,(H2,24,30)(H,27,28). The highest BCUT2D eigenvalue weighted by atomic mass is 16.5. The lowest BCUT2D eigenvalue weighted by atomic mass is 9.92. The molecular weight excluding hydrogens is 398 g/mol. The number of allylic oxidation sites excluding steroid dienone is 4. The van der Waals surface area contributed by atoms with Crippen LogP contribution in [0.1, 0.15) is 53.5 Å². The van der Waals surface area contributed by atoms with Crippen LogP contribution in [0.2, 0.25) is 0 Å². The summed E-state index contributed by atoms with van der Waals surface area (Å²) >= 11 is 0. The Morgan fingerprint density at radius 1 is 1.29 bits per heavy atom. The Labute approximate surface area is 180 Å². The third-order valence-electron chi connectivity index (χ3n) is 5.32. The number of hydrogen-bond acceptors (Lipinski definition) is 5. The van der Waals surface area contributed by atoms with Gasteiger partial charge in [-0.15, -0.1) is 0 Å². The minimum atomic E-state index is -1.16. The van der Waals surface area contributed by atoms with E-state index < -0.39 is 24.3 Å². The molecule has 31 heavy (non-hydrogen) atoms. The van der Waals surface area contributed by atoms with Gasteiger partial charge in [0, 0.05) is 11.9 Å². The van der Waals surface area contributed by atoms with Gasteiger partial charge < -0.3 is 20.0 Å². The number of carbonyl (C=O) groups is 3. The topological polar surface area (TPSA) is 124 Å². The number of hydrogen-bond donors (Lipinski definition) is 2. The Morgan fingerprint density at radius 3 is 2.68 bits per heavy atom. The predicted octanol–water partition coefficient (Wildman–Crippen LogP) is 2.79. The molecule has 0 aliphatic heterocycles. The number of carbonyl (C=O) groups excluding carboxylic acids is 2. The van der Waals surface area contributed by atoms with Crippen molar-refractivity contribution >= 4 is 23.2 Å². The average molecular weight is 425 g/mol. The molecule has 1 amide bonds. The normalized spacial score (nSPS) is 15.4. The van der Waals surface area contributed by atoms with Crippen molar-refractivity contribution < 1.29 is 24.2 Å². The van der Waals surface area contributed by atoms with Crippen molar-refractivity contribution in [1.82, 2.24) is 9.38 Å². The van der Waals surface area contributed by atoms with Gasteiger partial charge in [-0.2, -0.15) is 0 Å². The number of primary amides is 1. The zero-order chi connectivity index (χ0) is 22.5. The first-order chi connectivity index (χ1) is 14.8. The van der Waals surface area contributed by atoms with Crippen LogP contribution in [0.4, 0.5) is 0 Å². The van der Waals surface area contributed by atoms with Crippen LogP contribution in [0.15, 0.2) is 30.5 Å². The van der Waals surface area contributed by atoms with Gasteiger partial charge in [-0.3, -0.25) is 9.59 Å². The molecule has 1 aliphatic carbocycles. The van der Waals surface area contributed by atoms with E-state index in [9.17, 15) is 14.4 Å². The first kappa shape index (κ1) is 22.3. The number of carboxylic acids is 1. The Bertz CT molecular complexity index is 1080. The molecule has 164 valence electrons. The maximum atomic E-state index is 12.8. The minimum Gasteiger partial charge on any atom is -0.479 e. The van der Waals surface area contributed by atoms with E-state index in [1.807, 2.05) is 23.5 Å². The summed E-state index contributed by atoms with van der Waals surface area (Å²) in [5.41, 5.74) is 8.06. The van der Waals surface area contributed by atoms with Crippen molar-refractivity contribution in [2.45, 2.75) is 46.0 Å². The Kier molecular flexibility index (Phi) is 6.89. The fourth-order valence-electron chi connectivity index (χ4n) is 4.03. The van der Waals surface area contributed by atoms with E-state index in [-0.39, 0.29) is 11.4 Å². The third-order valence-corrected chi connectivity index (χ3v) is 5.32. The van der Waals surface area contributed by atoms with Crippen LogP contribution >= 0.6 is 0 Å². The maximum Gasteiger partial charge on any atom is 0.341 e. The van der Waals surface area contributed by atoms with Crippen molar-refractivity contribution in [3.05, 3.63) is 53.0 Å². The van der Waals surface area contributed by atoms with E-state index >= 15 is 0 Å². The third kappa shape index (κ3) is 4.84. The summed E-state index contributed by atoms with van der Waals surface area (Å²) in [5, 5.41) is 9.04. The van der Waals surface area contributed by atoms with Crippen molar-refractivity contribution in [3.63, 3.8) is 0 Å². The van der Waals surface area contributed by atoms with Crippen LogP contribution in [0.5, 0.6) is 5.88 Å². The Morgan fingerprint density at radius 2 is 2.06 bits per heavy atom. The summed E-state index contributed by atoms with van der Waals surface area (Å²) in [6.07, 6.45) is 13.9. The number of carboxylic acid groups (broad SMARTS) is 1. The van der Waals surface area contributed by atoms with Crippen LogP contribution < -0.4 is 10.5 Å². The van der Waals surface area contributed by atoms with Gasteiger partial charge >= 0.3 is 5.97 Å². The molecule has 0 saturated heterocycles. The molecule has 8 heteroatoms. The van der Waals surface area contributed by atoms with Crippen molar-refractivity contribution in [3.8, 4) is 5.88 Å². The number of amides is 1. The maximum absolute atomic E-state index is 12.8. The molecular formula is C23H27N3O5. The lowest BCUT2D eigenvalue weighted by Gasteiger charge is -2.14. The summed E-state index contributed by atoms with van der Waals surface area (Å²) in [7, 11) is 0. The Balaban J connectivity index is 2.19. The molecule has 1 aliphatic rings. The number of nitrogens with two attached hydrogens (primary N) is 1. The van der Waals surface area contributed by atoms with Crippen molar-refractivity contribution in [2.24, 2.45) is 11.7 Å². The van der Waals surface area contributed by atoms with Crippen LogP contribution in [0, 0.1) is 12.8 Å². The van der Waals surface area contributed by atoms with Gasteiger partial charge in [0.05, 0.1) is 11.3 Å². The first-order valence-corrected chi connectivity index (χ1v) is 10.4. The highest BCUT2D eigenvalue weighted by Crippen LogP contribution is 2.33. The van der Waals surface area contributed by atoms with E-state index in [0.717, 1.165) is 30.5 Å². The fraction of sp³-hybridized carbons (Fsp3) is 0.391. The molecule has 1 unspecified atom stereocenters. The van der Waals surface area contributed by atoms with Crippen LogP contribution in [0.25, 0.3) is 5.52 Å². The number of ketones is 1. The average Bonchev–Trinajstić information content (AvgIpc) is 3.03. The number of fused-ring (bicyclic) bond motifs is 1. The molecule has 8 nitrogen and oxygen atoms in total. The van der Waals surface area contributed by atoms with Gasteiger partial charge in [-0.25, -0.2) is 9.78 Å². The zero-order valence-corrected chi connectivity index (χ0v) is 17.8. The van der Waals surface area contributed by atoms with Crippen molar-refractivity contribution in [2.75, 3.05) is 6.61 Å². The molecule has 0 bridgehead atoms. The van der Waals surface area contributed by atoms with Gasteiger partial charge in [0.15, 0.2) is 6.61 Å². The fourth-order valence-corrected chi connectivity index (χ4v) is 4.03. The molecule has 0 fully saturated rings. The molecule has 3 rings (SSSR count). The predicted molar refractivity (Wildman–Crippen MR) is 115 cm³/mol. The van der Waals surface area contributed by atoms with E-state index in [2.05, 4.69) is 17.1 Å². The number of ether oxygens (including phenoxy) is 1. The first-order valence-electron chi connectivity index (χ1n) is 10.4. The van der Waals surface area contributed by atoms with E-state index in [0.29, 0.717) is 30.0 Å². The number of rotatable bonds is 10. The monoisotopic (exact) mass is 425 g/mol. The quantitative estimate of drug-likeness (QED) is 0.446. The minimum absolute atomic E-state index is 0.0103. The number of aryl methyl sites for hydroxylation is 2. The second kappa shape index (κ2) is 9.59. The molecule has 2 heterocycles. The highest BCUT2D eigenvalue weighted by molar-refractivity contribution is 6.44. The molecule has 1 atom stereocenters. The van der Waals surface area contributed by atoms with E-state index in [1.165, 1.54) is 0 Å². The second-order valence-electron chi connectivity index (χ2n) is 7.68. The molecule has 2 aromatic heterocycles. The van der Waals surface area contributed by atoms with Crippen LogP contribution in [-0.4, -0.2) is 38.8 Å².